The number of carboxylic acid groups (broad SMARTS) is 1. The van der Waals surface area contributed by atoms with Gasteiger partial charge in [-0.3, -0.25) is 9.59 Å². The summed E-state index contributed by atoms with van der Waals surface area (Å²) in [6.45, 7) is 3.91. The summed E-state index contributed by atoms with van der Waals surface area (Å²) in [6, 6.07) is 14.5. The van der Waals surface area contributed by atoms with Crippen LogP contribution in [0.2, 0.25) is 0 Å². The van der Waals surface area contributed by atoms with Gasteiger partial charge in [-0.25, -0.2) is 4.79 Å². The van der Waals surface area contributed by atoms with Crippen molar-refractivity contribution in [2.75, 3.05) is 12.4 Å². The average molecular weight is 412 g/mol. The summed E-state index contributed by atoms with van der Waals surface area (Å²) in [5.74, 6) is -1.71. The van der Waals surface area contributed by atoms with Gasteiger partial charge >= 0.3 is 5.97 Å². The molecule has 0 saturated carbocycles. The molecule has 4 N–H and O–H groups in total. The maximum Gasteiger partial charge on any atom is 0.337 e. The van der Waals surface area contributed by atoms with E-state index in [1.165, 1.54) is 12.1 Å². The summed E-state index contributed by atoms with van der Waals surface area (Å²) in [5, 5.41) is 17.8. The highest BCUT2D eigenvalue weighted by Crippen LogP contribution is 2.16. The third-order valence-electron chi connectivity index (χ3n) is 4.70. The summed E-state index contributed by atoms with van der Waals surface area (Å²) in [6.07, 6.45) is 0.912. The van der Waals surface area contributed by atoms with E-state index in [0.29, 0.717) is 12.8 Å². The maximum absolute atomic E-state index is 12.9. The molecule has 160 valence electrons. The number of hydrogen-bond donors (Lipinski definition) is 4. The van der Waals surface area contributed by atoms with Gasteiger partial charge in [0.05, 0.1) is 17.3 Å². The topological polar surface area (TPSA) is 108 Å². The van der Waals surface area contributed by atoms with Crippen LogP contribution in [0.1, 0.15) is 36.2 Å². The number of carboxylic acids is 1. The molecule has 0 saturated heterocycles. The van der Waals surface area contributed by atoms with Crippen LogP contribution in [0.4, 0.5) is 5.69 Å². The molecule has 0 aliphatic carbocycles. The molecule has 2 rings (SSSR count). The minimum absolute atomic E-state index is 0.00217. The van der Waals surface area contributed by atoms with Crippen molar-refractivity contribution in [1.82, 2.24) is 10.6 Å². The zero-order valence-corrected chi connectivity index (χ0v) is 17.5. The van der Waals surface area contributed by atoms with Crippen LogP contribution in [0.15, 0.2) is 54.6 Å². The fraction of sp³-hybridized carbons (Fsp3) is 0.348. The van der Waals surface area contributed by atoms with Gasteiger partial charge in [0, 0.05) is 0 Å². The third kappa shape index (κ3) is 6.70. The van der Waals surface area contributed by atoms with Crippen molar-refractivity contribution in [3.05, 3.63) is 65.7 Å². The smallest absolute Gasteiger partial charge is 0.337 e. The van der Waals surface area contributed by atoms with Crippen molar-refractivity contribution in [3.8, 4) is 0 Å². The largest absolute Gasteiger partial charge is 0.478 e. The Morgan fingerprint density at radius 2 is 1.53 bits per heavy atom. The van der Waals surface area contributed by atoms with Crippen LogP contribution in [-0.4, -0.2) is 42.0 Å². The molecule has 0 aliphatic heterocycles. The van der Waals surface area contributed by atoms with Crippen molar-refractivity contribution in [3.63, 3.8) is 0 Å². The molecule has 0 aromatic heterocycles. The molecule has 0 aliphatic rings. The normalized spacial score (nSPS) is 12.8. The summed E-state index contributed by atoms with van der Waals surface area (Å²) in [5.41, 5.74) is 1.21. The Bertz CT molecular complexity index is 868. The lowest BCUT2D eigenvalue weighted by Crippen LogP contribution is -2.52. The first-order valence-electron chi connectivity index (χ1n) is 9.96. The van der Waals surface area contributed by atoms with Crippen LogP contribution in [0.3, 0.4) is 0 Å². The molecule has 2 unspecified atom stereocenters. The highest BCUT2D eigenvalue weighted by atomic mass is 16.4. The first-order chi connectivity index (χ1) is 14.3. The van der Waals surface area contributed by atoms with Gasteiger partial charge in [-0.1, -0.05) is 56.3 Å². The first kappa shape index (κ1) is 23.1. The number of aromatic carboxylic acids is 1. The molecule has 0 spiro atoms. The van der Waals surface area contributed by atoms with Crippen LogP contribution >= 0.6 is 0 Å². The standard InChI is InChI=1S/C23H29N3O4/c1-15(2)13-20(22(28)25-18-12-8-7-11-17(18)23(29)30)26-21(27)19(24-3)14-16-9-5-4-6-10-16/h4-12,15,19-20,24H,13-14H2,1-3H3,(H,25,28)(H,26,27)(H,29,30). The minimum atomic E-state index is -1.13. The zero-order valence-electron chi connectivity index (χ0n) is 17.5. The van der Waals surface area contributed by atoms with Crippen LogP contribution in [0, 0.1) is 5.92 Å². The molecular formula is C23H29N3O4. The molecule has 2 aromatic carbocycles. The van der Waals surface area contributed by atoms with Gasteiger partial charge in [0.15, 0.2) is 0 Å². The van der Waals surface area contributed by atoms with Crippen LogP contribution < -0.4 is 16.0 Å². The number of carbonyl (C=O) groups is 3. The van der Waals surface area contributed by atoms with Crippen molar-refractivity contribution >= 4 is 23.5 Å². The van der Waals surface area contributed by atoms with Gasteiger partial charge in [0.1, 0.15) is 6.04 Å². The maximum atomic E-state index is 12.9. The molecule has 0 heterocycles. The van der Waals surface area contributed by atoms with E-state index in [4.69, 9.17) is 0 Å². The van der Waals surface area contributed by atoms with E-state index in [-0.39, 0.29) is 23.1 Å². The molecule has 7 heteroatoms. The lowest BCUT2D eigenvalue weighted by atomic mass is 10.0. The highest BCUT2D eigenvalue weighted by molar-refractivity contribution is 6.03. The fourth-order valence-electron chi connectivity index (χ4n) is 3.15. The molecule has 2 atom stereocenters. The Hall–Kier alpha value is -3.19. The predicted octanol–water partition coefficient (Wildman–Crippen LogP) is 2.68. The molecule has 7 nitrogen and oxygen atoms in total. The van der Waals surface area contributed by atoms with E-state index in [9.17, 15) is 19.5 Å². The van der Waals surface area contributed by atoms with Crippen molar-refractivity contribution in [1.29, 1.82) is 0 Å². The second-order valence-corrected chi connectivity index (χ2v) is 7.56. The van der Waals surface area contributed by atoms with Gasteiger partial charge in [-0.05, 0) is 43.5 Å². The molecule has 2 aromatic rings. The molecule has 0 radical (unpaired) electrons. The minimum Gasteiger partial charge on any atom is -0.478 e. The van der Waals surface area contributed by atoms with Crippen LogP contribution in [-0.2, 0) is 16.0 Å². The van der Waals surface area contributed by atoms with Gasteiger partial charge in [0.2, 0.25) is 11.8 Å². The predicted molar refractivity (Wildman–Crippen MR) is 116 cm³/mol. The molecule has 0 bridgehead atoms. The Kier molecular flexibility index (Phi) is 8.55. The van der Waals surface area contributed by atoms with Crippen molar-refractivity contribution in [2.45, 2.75) is 38.8 Å². The molecular weight excluding hydrogens is 382 g/mol. The Labute approximate surface area is 176 Å². The number of nitrogens with one attached hydrogen (secondary N) is 3. The zero-order chi connectivity index (χ0) is 22.1. The SMILES string of the molecule is CNC(Cc1ccccc1)C(=O)NC(CC(C)C)C(=O)Nc1ccccc1C(=O)O. The number of amides is 2. The third-order valence-corrected chi connectivity index (χ3v) is 4.70. The van der Waals surface area contributed by atoms with E-state index in [1.807, 2.05) is 44.2 Å². The van der Waals surface area contributed by atoms with Gasteiger partial charge in [-0.2, -0.15) is 0 Å². The quantitative estimate of drug-likeness (QED) is 0.481. The van der Waals surface area contributed by atoms with Crippen LogP contribution in [0.25, 0.3) is 0 Å². The molecule has 30 heavy (non-hydrogen) atoms. The lowest BCUT2D eigenvalue weighted by molar-refractivity contribution is -0.128. The number of rotatable bonds is 10. The summed E-state index contributed by atoms with van der Waals surface area (Å²) < 4.78 is 0. The fourth-order valence-corrected chi connectivity index (χ4v) is 3.15. The number of likely N-dealkylation sites (N-methyl/N-ethyl adjacent to an activating group) is 1. The second-order valence-electron chi connectivity index (χ2n) is 7.56. The van der Waals surface area contributed by atoms with Gasteiger partial charge in [0.25, 0.3) is 0 Å². The van der Waals surface area contributed by atoms with E-state index in [1.54, 1.807) is 19.2 Å². The van der Waals surface area contributed by atoms with Crippen molar-refractivity contribution < 1.29 is 19.5 Å². The van der Waals surface area contributed by atoms with Crippen LogP contribution in [0.5, 0.6) is 0 Å². The Morgan fingerprint density at radius 1 is 0.900 bits per heavy atom. The van der Waals surface area contributed by atoms with Crippen molar-refractivity contribution in [2.24, 2.45) is 5.92 Å². The number of carbonyl (C=O) groups excluding carboxylic acids is 2. The van der Waals surface area contributed by atoms with E-state index in [0.717, 1.165) is 5.56 Å². The summed E-state index contributed by atoms with van der Waals surface area (Å²) in [7, 11) is 1.70. The summed E-state index contributed by atoms with van der Waals surface area (Å²) >= 11 is 0. The van der Waals surface area contributed by atoms with Gasteiger partial charge in [-0.15, -0.1) is 0 Å². The van der Waals surface area contributed by atoms with E-state index < -0.39 is 24.0 Å². The average Bonchev–Trinajstić information content (AvgIpc) is 2.72. The van der Waals surface area contributed by atoms with Gasteiger partial charge < -0.3 is 21.1 Å². The second kappa shape index (κ2) is 11.1. The number of para-hydroxylation sites is 1. The Balaban J connectivity index is 2.13. The number of anilines is 1. The number of hydrogen-bond acceptors (Lipinski definition) is 4. The molecule has 0 fully saturated rings. The monoisotopic (exact) mass is 411 g/mol. The van der Waals surface area contributed by atoms with E-state index in [2.05, 4.69) is 16.0 Å². The van der Waals surface area contributed by atoms with E-state index >= 15 is 0 Å². The first-order valence-corrected chi connectivity index (χ1v) is 9.96. The lowest BCUT2D eigenvalue weighted by Gasteiger charge is -2.24. The highest BCUT2D eigenvalue weighted by Gasteiger charge is 2.26. The summed E-state index contributed by atoms with van der Waals surface area (Å²) in [4.78, 5) is 37.1. The number of benzene rings is 2. The molecule has 2 amide bonds. The Morgan fingerprint density at radius 3 is 2.13 bits per heavy atom.